The van der Waals surface area contributed by atoms with E-state index in [1.54, 1.807) is 12.1 Å². The fourth-order valence-electron chi connectivity index (χ4n) is 1.92. The second-order valence-corrected chi connectivity index (χ2v) is 4.60. The summed E-state index contributed by atoms with van der Waals surface area (Å²) in [7, 11) is 0. The van der Waals surface area contributed by atoms with Gasteiger partial charge in [-0.1, -0.05) is 18.2 Å². The maximum absolute atomic E-state index is 13.4. The van der Waals surface area contributed by atoms with Crippen LogP contribution in [0.2, 0.25) is 0 Å². The number of halogens is 2. The molecule has 0 atom stereocenters. The Balaban J connectivity index is 1.82. The van der Waals surface area contributed by atoms with E-state index in [-0.39, 0.29) is 5.82 Å². The van der Waals surface area contributed by atoms with Crippen LogP contribution in [-0.2, 0) is 13.0 Å². The summed E-state index contributed by atoms with van der Waals surface area (Å²) in [5.41, 5.74) is 1.11. The van der Waals surface area contributed by atoms with Crippen molar-refractivity contribution in [2.24, 2.45) is 0 Å². The molecule has 4 nitrogen and oxygen atoms in total. The molecular formula is C15H14F2N2O2. The molecule has 21 heavy (non-hydrogen) atoms. The zero-order valence-corrected chi connectivity index (χ0v) is 11.2. The lowest BCUT2D eigenvalue weighted by atomic mass is 10.1. The summed E-state index contributed by atoms with van der Waals surface area (Å²) in [6.07, 6.45) is 0.718. The van der Waals surface area contributed by atoms with Gasteiger partial charge in [0.15, 0.2) is 0 Å². The molecule has 0 unspecified atom stereocenters. The van der Waals surface area contributed by atoms with E-state index in [1.807, 2.05) is 0 Å². The second-order valence-electron chi connectivity index (χ2n) is 4.60. The Morgan fingerprint density at radius 2 is 1.71 bits per heavy atom. The van der Waals surface area contributed by atoms with Crippen molar-refractivity contribution in [2.45, 2.75) is 13.0 Å². The molecule has 0 fully saturated rings. The van der Waals surface area contributed by atoms with Crippen LogP contribution >= 0.6 is 0 Å². The summed E-state index contributed by atoms with van der Waals surface area (Å²) in [6.45, 7) is 1.06. The van der Waals surface area contributed by atoms with E-state index >= 15 is 0 Å². The van der Waals surface area contributed by atoms with Gasteiger partial charge in [-0.2, -0.15) is 4.39 Å². The number of nitro groups is 1. The first-order valence-electron chi connectivity index (χ1n) is 6.44. The monoisotopic (exact) mass is 292 g/mol. The normalized spacial score (nSPS) is 10.6. The fraction of sp³-hybridized carbons (Fsp3) is 0.200. The standard InChI is InChI=1S/C15H14F2N2O2/c16-13-4-1-11(2-5-13)7-8-18-10-12-3-6-15(19(20)21)14(17)9-12/h1-6,9,18H,7-8,10H2. The minimum absolute atomic E-state index is 0.270. The van der Waals surface area contributed by atoms with Gasteiger partial charge in [-0.05, 0) is 42.3 Å². The Hall–Kier alpha value is -2.34. The quantitative estimate of drug-likeness (QED) is 0.505. The third-order valence-corrected chi connectivity index (χ3v) is 3.04. The lowest BCUT2D eigenvalue weighted by Crippen LogP contribution is -2.16. The number of hydrogen-bond donors (Lipinski definition) is 1. The zero-order chi connectivity index (χ0) is 15.2. The minimum atomic E-state index is -0.835. The van der Waals surface area contributed by atoms with E-state index in [4.69, 9.17) is 0 Å². The lowest BCUT2D eigenvalue weighted by molar-refractivity contribution is -0.387. The number of hydrogen-bond acceptors (Lipinski definition) is 3. The fourth-order valence-corrected chi connectivity index (χ4v) is 1.92. The van der Waals surface area contributed by atoms with Crippen LogP contribution in [0.4, 0.5) is 14.5 Å². The molecule has 0 saturated carbocycles. The van der Waals surface area contributed by atoms with Gasteiger partial charge in [0.2, 0.25) is 5.82 Å². The highest BCUT2D eigenvalue weighted by Crippen LogP contribution is 2.17. The van der Waals surface area contributed by atoms with Gasteiger partial charge in [-0.25, -0.2) is 4.39 Å². The van der Waals surface area contributed by atoms with Crippen LogP contribution in [0.15, 0.2) is 42.5 Å². The van der Waals surface area contributed by atoms with E-state index in [1.165, 1.54) is 18.2 Å². The molecule has 2 aromatic rings. The van der Waals surface area contributed by atoms with Crippen LogP contribution in [0.5, 0.6) is 0 Å². The molecule has 2 aromatic carbocycles. The topological polar surface area (TPSA) is 55.2 Å². The van der Waals surface area contributed by atoms with Crippen LogP contribution < -0.4 is 5.32 Å². The largest absolute Gasteiger partial charge is 0.312 e. The molecular weight excluding hydrogens is 278 g/mol. The molecule has 0 aliphatic rings. The van der Waals surface area contributed by atoms with Crippen LogP contribution in [0.25, 0.3) is 0 Å². The molecule has 0 bridgehead atoms. The van der Waals surface area contributed by atoms with E-state index in [0.29, 0.717) is 18.7 Å². The van der Waals surface area contributed by atoms with E-state index in [2.05, 4.69) is 5.32 Å². The van der Waals surface area contributed by atoms with Crippen LogP contribution in [0, 0.1) is 21.7 Å². The van der Waals surface area contributed by atoms with Crippen molar-refractivity contribution in [3.8, 4) is 0 Å². The maximum atomic E-state index is 13.4. The smallest absolute Gasteiger partial charge is 0.304 e. The molecule has 0 radical (unpaired) electrons. The third-order valence-electron chi connectivity index (χ3n) is 3.04. The molecule has 0 spiro atoms. The Labute approximate surface area is 120 Å². The van der Waals surface area contributed by atoms with Crippen molar-refractivity contribution < 1.29 is 13.7 Å². The number of rotatable bonds is 6. The highest BCUT2D eigenvalue weighted by Gasteiger charge is 2.13. The Kier molecular flexibility index (Phi) is 4.94. The highest BCUT2D eigenvalue weighted by atomic mass is 19.1. The summed E-state index contributed by atoms with van der Waals surface area (Å²) in [5.74, 6) is -1.11. The van der Waals surface area contributed by atoms with Gasteiger partial charge < -0.3 is 5.32 Å². The summed E-state index contributed by atoms with van der Waals surface area (Å²) < 4.78 is 26.1. The molecule has 0 aromatic heterocycles. The summed E-state index contributed by atoms with van der Waals surface area (Å²) >= 11 is 0. The van der Waals surface area contributed by atoms with Crippen molar-refractivity contribution >= 4 is 5.69 Å². The van der Waals surface area contributed by atoms with Crippen LogP contribution in [0.3, 0.4) is 0 Å². The van der Waals surface area contributed by atoms with Crippen molar-refractivity contribution in [1.82, 2.24) is 5.32 Å². The molecule has 0 heterocycles. The van der Waals surface area contributed by atoms with E-state index < -0.39 is 16.4 Å². The number of nitro benzene ring substituents is 1. The van der Waals surface area contributed by atoms with Gasteiger partial charge in [-0.3, -0.25) is 10.1 Å². The van der Waals surface area contributed by atoms with Crippen LogP contribution in [0.1, 0.15) is 11.1 Å². The Bertz CT molecular complexity index is 630. The summed E-state index contributed by atoms with van der Waals surface area (Å²) in [6, 6.07) is 10.1. The predicted octanol–water partition coefficient (Wildman–Crippen LogP) is 3.21. The van der Waals surface area contributed by atoms with Gasteiger partial charge in [0, 0.05) is 12.6 Å². The average Bonchev–Trinajstić information content (AvgIpc) is 2.45. The van der Waals surface area contributed by atoms with Crippen molar-refractivity contribution in [3.05, 3.63) is 75.3 Å². The Morgan fingerprint density at radius 3 is 2.33 bits per heavy atom. The van der Waals surface area contributed by atoms with E-state index in [9.17, 15) is 18.9 Å². The first-order chi connectivity index (χ1) is 10.1. The molecule has 2 rings (SSSR count). The first-order valence-corrected chi connectivity index (χ1v) is 6.44. The summed E-state index contributed by atoms with van der Waals surface area (Å²) in [5, 5.41) is 13.6. The van der Waals surface area contributed by atoms with Gasteiger partial charge in [0.25, 0.3) is 0 Å². The molecule has 1 N–H and O–H groups in total. The Morgan fingerprint density at radius 1 is 1.05 bits per heavy atom. The zero-order valence-electron chi connectivity index (χ0n) is 11.2. The first kappa shape index (κ1) is 15.1. The van der Waals surface area contributed by atoms with Gasteiger partial charge in [0.05, 0.1) is 4.92 Å². The molecule has 6 heteroatoms. The van der Waals surface area contributed by atoms with Gasteiger partial charge in [-0.15, -0.1) is 0 Å². The number of nitrogens with one attached hydrogen (secondary N) is 1. The SMILES string of the molecule is O=[N+]([O-])c1ccc(CNCCc2ccc(F)cc2)cc1F. The molecule has 0 saturated heterocycles. The van der Waals surface area contributed by atoms with E-state index in [0.717, 1.165) is 24.1 Å². The average molecular weight is 292 g/mol. The molecule has 0 amide bonds. The highest BCUT2D eigenvalue weighted by molar-refractivity contribution is 5.34. The lowest BCUT2D eigenvalue weighted by Gasteiger charge is -2.05. The molecule has 110 valence electrons. The van der Waals surface area contributed by atoms with Gasteiger partial charge in [0.1, 0.15) is 5.82 Å². The van der Waals surface area contributed by atoms with Crippen molar-refractivity contribution in [2.75, 3.05) is 6.54 Å². The third kappa shape index (κ3) is 4.32. The van der Waals surface area contributed by atoms with Crippen molar-refractivity contribution in [1.29, 1.82) is 0 Å². The predicted molar refractivity (Wildman–Crippen MR) is 74.9 cm³/mol. The number of benzene rings is 2. The number of nitrogens with zero attached hydrogens (tertiary/aromatic N) is 1. The molecule has 0 aliphatic carbocycles. The van der Waals surface area contributed by atoms with Crippen LogP contribution in [-0.4, -0.2) is 11.5 Å². The molecule has 0 aliphatic heterocycles. The summed E-state index contributed by atoms with van der Waals surface area (Å²) in [4.78, 5) is 9.75. The maximum Gasteiger partial charge on any atom is 0.304 e. The second kappa shape index (κ2) is 6.90. The minimum Gasteiger partial charge on any atom is -0.312 e. The van der Waals surface area contributed by atoms with Crippen molar-refractivity contribution in [3.63, 3.8) is 0 Å². The van der Waals surface area contributed by atoms with Gasteiger partial charge >= 0.3 is 5.69 Å².